The molecule has 1 saturated heterocycles. The highest BCUT2D eigenvalue weighted by Gasteiger charge is 2.41. The Hall–Kier alpha value is -2.67. The molecule has 7 nitrogen and oxygen atoms in total. The molecular weight excluding hydrogens is 330 g/mol. The number of nitrogens with two attached hydrogens (primary N) is 1. The molecule has 1 fully saturated rings. The van der Waals surface area contributed by atoms with E-state index < -0.39 is 5.91 Å². The van der Waals surface area contributed by atoms with Crippen LogP contribution in [0.4, 0.5) is 0 Å². The Labute approximate surface area is 152 Å². The summed E-state index contributed by atoms with van der Waals surface area (Å²) < 4.78 is 0. The van der Waals surface area contributed by atoms with Crippen LogP contribution in [-0.2, 0) is 6.54 Å². The fourth-order valence-electron chi connectivity index (χ4n) is 4.25. The lowest BCUT2D eigenvalue weighted by Crippen LogP contribution is -2.45. The van der Waals surface area contributed by atoms with Crippen LogP contribution in [0.1, 0.15) is 57.9 Å². The monoisotopic (exact) mass is 353 g/mol. The maximum Gasteiger partial charge on any atom is 0.255 e. The van der Waals surface area contributed by atoms with Crippen LogP contribution in [0.15, 0.2) is 30.6 Å². The number of imidazole rings is 1. The minimum absolute atomic E-state index is 0.0292. The predicted octanol–water partition coefficient (Wildman–Crippen LogP) is 1.69. The molecule has 0 aliphatic carbocycles. The number of piperidine rings is 1. The summed E-state index contributed by atoms with van der Waals surface area (Å²) in [6.45, 7) is 4.67. The van der Waals surface area contributed by atoms with E-state index in [1.807, 2.05) is 24.1 Å². The molecule has 26 heavy (non-hydrogen) atoms. The van der Waals surface area contributed by atoms with E-state index in [0.29, 0.717) is 11.1 Å². The number of H-pyrrole nitrogens is 1. The lowest BCUT2D eigenvalue weighted by molar-refractivity contribution is 0.0508. The molecule has 3 heterocycles. The first-order valence-corrected chi connectivity index (χ1v) is 9.02. The maximum atomic E-state index is 13.1. The molecule has 1 unspecified atom stereocenters. The van der Waals surface area contributed by atoms with Gasteiger partial charge < -0.3 is 15.6 Å². The highest BCUT2D eigenvalue weighted by atomic mass is 16.2. The molecule has 1 atom stereocenters. The van der Waals surface area contributed by atoms with Gasteiger partial charge in [0.2, 0.25) is 5.91 Å². The minimum Gasteiger partial charge on any atom is -0.366 e. The van der Waals surface area contributed by atoms with E-state index >= 15 is 0 Å². The van der Waals surface area contributed by atoms with Gasteiger partial charge in [0.15, 0.2) is 0 Å². The van der Waals surface area contributed by atoms with Gasteiger partial charge in [-0.15, -0.1) is 0 Å². The maximum absolute atomic E-state index is 13.1. The zero-order valence-electron chi connectivity index (χ0n) is 14.8. The molecule has 7 heteroatoms. The Bertz CT molecular complexity index is 824. The van der Waals surface area contributed by atoms with Crippen LogP contribution in [0.2, 0.25) is 0 Å². The summed E-state index contributed by atoms with van der Waals surface area (Å²) in [5.41, 5.74) is 7.20. The van der Waals surface area contributed by atoms with Gasteiger partial charge in [0, 0.05) is 31.5 Å². The Balaban J connectivity index is 1.48. The first-order chi connectivity index (χ1) is 12.6. The van der Waals surface area contributed by atoms with Crippen molar-refractivity contribution in [3.05, 3.63) is 53.1 Å². The molecule has 1 aromatic carbocycles. The number of hydrogen-bond donors (Lipinski definition) is 2. The summed E-state index contributed by atoms with van der Waals surface area (Å²) in [7, 11) is 0. The van der Waals surface area contributed by atoms with Crippen LogP contribution in [0.5, 0.6) is 0 Å². The first kappa shape index (κ1) is 16.8. The van der Waals surface area contributed by atoms with E-state index in [0.717, 1.165) is 43.9 Å². The number of aromatic nitrogens is 2. The van der Waals surface area contributed by atoms with Crippen molar-refractivity contribution in [1.29, 1.82) is 0 Å². The summed E-state index contributed by atoms with van der Waals surface area (Å²) in [6, 6.07) is 5.52. The number of fused-ring (bicyclic) bond motifs is 1. The smallest absolute Gasteiger partial charge is 0.255 e. The normalized spacial score (nSPS) is 21.2. The highest BCUT2D eigenvalue weighted by molar-refractivity contribution is 6.09. The molecule has 3 N–H and O–H groups in total. The second-order valence-electron chi connectivity index (χ2n) is 7.07. The lowest BCUT2D eigenvalue weighted by Gasteiger charge is -2.38. The second-order valence-corrected chi connectivity index (χ2v) is 7.07. The molecule has 1 aromatic heterocycles. The molecule has 2 aliphatic heterocycles. The van der Waals surface area contributed by atoms with E-state index in [4.69, 9.17) is 5.73 Å². The van der Waals surface area contributed by atoms with Crippen molar-refractivity contribution in [3.8, 4) is 0 Å². The number of carbonyl (C=O) groups is 2. The Morgan fingerprint density at radius 2 is 2.12 bits per heavy atom. The quantitative estimate of drug-likeness (QED) is 0.874. The number of carbonyl (C=O) groups excluding carboxylic acids is 2. The van der Waals surface area contributed by atoms with E-state index in [-0.39, 0.29) is 18.0 Å². The first-order valence-electron chi connectivity index (χ1n) is 9.02. The predicted molar refractivity (Wildman–Crippen MR) is 96.4 cm³/mol. The van der Waals surface area contributed by atoms with E-state index in [2.05, 4.69) is 14.9 Å². The van der Waals surface area contributed by atoms with Crippen molar-refractivity contribution >= 4 is 11.8 Å². The summed E-state index contributed by atoms with van der Waals surface area (Å²) in [5, 5.41) is 0. The third-order valence-corrected chi connectivity index (χ3v) is 5.56. The molecule has 2 amide bonds. The molecule has 0 spiro atoms. The number of hydrogen-bond acceptors (Lipinski definition) is 4. The van der Waals surface area contributed by atoms with Gasteiger partial charge in [0.1, 0.15) is 5.82 Å². The van der Waals surface area contributed by atoms with Crippen LogP contribution in [0, 0.1) is 0 Å². The van der Waals surface area contributed by atoms with Crippen LogP contribution < -0.4 is 5.73 Å². The second kappa shape index (κ2) is 6.57. The van der Waals surface area contributed by atoms with Gasteiger partial charge in [0.25, 0.3) is 5.91 Å². The largest absolute Gasteiger partial charge is 0.366 e. The van der Waals surface area contributed by atoms with Crippen LogP contribution in [-0.4, -0.2) is 50.7 Å². The van der Waals surface area contributed by atoms with Gasteiger partial charge in [-0.3, -0.25) is 14.5 Å². The topological polar surface area (TPSA) is 95.3 Å². The molecule has 136 valence electrons. The number of rotatable bonds is 4. The fourth-order valence-corrected chi connectivity index (χ4v) is 4.25. The van der Waals surface area contributed by atoms with E-state index in [1.165, 1.54) is 0 Å². The zero-order valence-corrected chi connectivity index (χ0v) is 14.8. The summed E-state index contributed by atoms with van der Waals surface area (Å²) in [5.74, 6) is 0.358. The SMILES string of the molecule is CC1c2cccc(C(N)=O)c2C(=O)N1C1CCN(Cc2ncc[nH]2)CC1. The minimum atomic E-state index is -0.544. The van der Waals surface area contributed by atoms with Gasteiger partial charge in [-0.1, -0.05) is 12.1 Å². The van der Waals surface area contributed by atoms with Gasteiger partial charge in [-0.2, -0.15) is 0 Å². The molecule has 0 radical (unpaired) electrons. The Kier molecular flexibility index (Phi) is 4.24. The number of aromatic amines is 1. The van der Waals surface area contributed by atoms with Gasteiger partial charge in [-0.25, -0.2) is 4.98 Å². The Morgan fingerprint density at radius 1 is 1.35 bits per heavy atom. The van der Waals surface area contributed by atoms with Crippen molar-refractivity contribution in [2.45, 2.75) is 38.4 Å². The van der Waals surface area contributed by atoms with Crippen LogP contribution in [0.3, 0.4) is 0 Å². The number of likely N-dealkylation sites (tertiary alicyclic amines) is 1. The van der Waals surface area contributed by atoms with E-state index in [9.17, 15) is 9.59 Å². The zero-order chi connectivity index (χ0) is 18.3. The number of primary amides is 1. The number of nitrogens with one attached hydrogen (secondary N) is 1. The third-order valence-electron chi connectivity index (χ3n) is 5.56. The average Bonchev–Trinajstić information content (AvgIpc) is 3.23. The van der Waals surface area contributed by atoms with E-state index in [1.54, 1.807) is 18.3 Å². The Morgan fingerprint density at radius 3 is 2.77 bits per heavy atom. The van der Waals surface area contributed by atoms with Crippen molar-refractivity contribution in [1.82, 2.24) is 19.8 Å². The fraction of sp³-hybridized carbons (Fsp3) is 0.421. The molecule has 4 rings (SSSR count). The molecular formula is C19H23N5O2. The lowest BCUT2D eigenvalue weighted by atomic mass is 9.99. The number of benzene rings is 1. The highest BCUT2D eigenvalue weighted by Crippen LogP contribution is 2.38. The molecule has 0 saturated carbocycles. The van der Waals surface area contributed by atoms with Crippen molar-refractivity contribution < 1.29 is 9.59 Å². The van der Waals surface area contributed by atoms with Gasteiger partial charge in [0.05, 0.1) is 23.7 Å². The van der Waals surface area contributed by atoms with Crippen LogP contribution >= 0.6 is 0 Å². The van der Waals surface area contributed by atoms with Gasteiger partial charge >= 0.3 is 0 Å². The standard InChI is InChI=1S/C19H23N5O2/c1-12-14-3-2-4-15(18(20)25)17(14)19(26)24(12)13-5-9-23(10-6-13)11-16-21-7-8-22-16/h2-4,7-8,12-13H,5-6,9-11H2,1H3,(H2,20,25)(H,21,22). The summed E-state index contributed by atoms with van der Waals surface area (Å²) in [6.07, 6.45) is 5.42. The van der Waals surface area contributed by atoms with Gasteiger partial charge in [-0.05, 0) is 31.4 Å². The summed E-state index contributed by atoms with van der Waals surface area (Å²) >= 11 is 0. The number of amides is 2. The van der Waals surface area contributed by atoms with Crippen molar-refractivity contribution in [3.63, 3.8) is 0 Å². The third kappa shape index (κ3) is 2.78. The van der Waals surface area contributed by atoms with Crippen molar-refractivity contribution in [2.24, 2.45) is 5.73 Å². The number of nitrogens with zero attached hydrogens (tertiary/aromatic N) is 3. The molecule has 2 aromatic rings. The average molecular weight is 353 g/mol. The van der Waals surface area contributed by atoms with Crippen molar-refractivity contribution in [2.75, 3.05) is 13.1 Å². The summed E-state index contributed by atoms with van der Waals surface area (Å²) in [4.78, 5) is 36.5. The molecule has 0 bridgehead atoms. The van der Waals surface area contributed by atoms with Crippen LogP contribution in [0.25, 0.3) is 0 Å². The molecule has 2 aliphatic rings.